The highest BCUT2D eigenvalue weighted by molar-refractivity contribution is 5.97. The Bertz CT molecular complexity index is 164. The summed E-state index contributed by atoms with van der Waals surface area (Å²) in [5, 5.41) is 3.88. The Morgan fingerprint density at radius 3 is 2.67 bits per heavy atom. The third-order valence-corrected chi connectivity index (χ3v) is 1.24. The summed E-state index contributed by atoms with van der Waals surface area (Å²) in [7, 11) is 2.00. The van der Waals surface area contributed by atoms with Gasteiger partial charge >= 0.3 is 0 Å². The molecule has 12 heavy (non-hydrogen) atoms. The van der Waals surface area contributed by atoms with E-state index in [1.807, 2.05) is 40.1 Å². The normalized spacial score (nSPS) is 17.7. The van der Waals surface area contributed by atoms with Gasteiger partial charge in [-0.1, -0.05) is 19.0 Å². The molecule has 0 aromatic carbocycles. The van der Waals surface area contributed by atoms with Gasteiger partial charge in [0.25, 0.3) is 0 Å². The molecule has 0 aromatic heterocycles. The predicted octanol–water partition coefficient (Wildman–Crippen LogP) is 1.86. The van der Waals surface area contributed by atoms with Crippen molar-refractivity contribution in [3.8, 4) is 0 Å². The van der Waals surface area contributed by atoms with Crippen molar-refractivity contribution in [2.75, 3.05) is 20.2 Å². The molecule has 70 valence electrons. The molecule has 1 aliphatic rings. The quantitative estimate of drug-likeness (QED) is 0.591. The molecule has 0 unspecified atom stereocenters. The summed E-state index contributed by atoms with van der Waals surface area (Å²) in [5.74, 6) is 0. The first-order valence-electron chi connectivity index (χ1n) is 4.40. The van der Waals surface area contributed by atoms with Crippen molar-refractivity contribution in [1.29, 1.82) is 0 Å². The van der Waals surface area contributed by atoms with E-state index >= 15 is 0 Å². The van der Waals surface area contributed by atoms with E-state index < -0.39 is 0 Å². The highest BCUT2D eigenvalue weighted by Gasteiger charge is 2.05. The molecule has 3 heteroatoms. The van der Waals surface area contributed by atoms with Gasteiger partial charge in [-0.3, -0.25) is 0 Å². The second-order valence-electron chi connectivity index (χ2n) is 2.23. The molecule has 3 nitrogen and oxygen atoms in total. The summed E-state index contributed by atoms with van der Waals surface area (Å²) in [6, 6.07) is 0. The van der Waals surface area contributed by atoms with Crippen LogP contribution in [0.15, 0.2) is 17.4 Å². The summed E-state index contributed by atoms with van der Waals surface area (Å²) < 4.78 is 0. The molecule has 0 saturated heterocycles. The molecule has 1 rings (SSSR count). The average Bonchev–Trinajstić information content (AvgIpc) is 2.51. The molecule has 1 aliphatic heterocycles. The average molecular weight is 170 g/mol. The van der Waals surface area contributed by atoms with Crippen LogP contribution in [-0.2, 0) is 4.84 Å². The van der Waals surface area contributed by atoms with Crippen molar-refractivity contribution in [3.05, 3.63) is 12.3 Å². The zero-order valence-electron chi connectivity index (χ0n) is 8.37. The van der Waals surface area contributed by atoms with Gasteiger partial charge in [0.1, 0.15) is 12.3 Å². The molecule has 1 heterocycles. The lowest BCUT2D eigenvalue weighted by Gasteiger charge is -2.03. The standard InChI is InChI=1S/C7H12N2O.C2H6/c1-3-10-8-7-4-5-9(2)6-7;1-2/h4-5H,3,6H2,1-2H3;1-2H3/b8-7-;. The van der Waals surface area contributed by atoms with Crippen molar-refractivity contribution in [3.63, 3.8) is 0 Å². The van der Waals surface area contributed by atoms with Crippen LogP contribution in [0.2, 0.25) is 0 Å². The summed E-state index contributed by atoms with van der Waals surface area (Å²) in [4.78, 5) is 6.93. The van der Waals surface area contributed by atoms with Crippen molar-refractivity contribution in [2.45, 2.75) is 20.8 Å². The maximum atomic E-state index is 4.88. The first-order valence-corrected chi connectivity index (χ1v) is 4.40. The Labute approximate surface area is 74.7 Å². The van der Waals surface area contributed by atoms with E-state index in [1.165, 1.54) is 0 Å². The molecular formula is C9H18N2O. The van der Waals surface area contributed by atoms with Crippen LogP contribution in [0.1, 0.15) is 20.8 Å². The predicted molar refractivity (Wildman–Crippen MR) is 52.2 cm³/mol. The summed E-state index contributed by atoms with van der Waals surface area (Å²) in [6.45, 7) is 7.42. The van der Waals surface area contributed by atoms with Crippen LogP contribution in [0, 0.1) is 0 Å². The van der Waals surface area contributed by atoms with E-state index in [1.54, 1.807) is 0 Å². The minimum atomic E-state index is 0.640. The number of hydrogen-bond acceptors (Lipinski definition) is 3. The third kappa shape index (κ3) is 4.01. The molecule has 0 spiro atoms. The third-order valence-electron chi connectivity index (χ3n) is 1.24. The van der Waals surface area contributed by atoms with Crippen LogP contribution in [0.4, 0.5) is 0 Å². The fourth-order valence-electron chi connectivity index (χ4n) is 0.781. The molecule has 0 fully saturated rings. The summed E-state index contributed by atoms with van der Waals surface area (Å²) >= 11 is 0. The van der Waals surface area contributed by atoms with Gasteiger partial charge < -0.3 is 9.74 Å². The zero-order chi connectivity index (χ0) is 9.40. The molecule has 0 amide bonds. The molecule has 0 N–H and O–H groups in total. The monoisotopic (exact) mass is 170 g/mol. The van der Waals surface area contributed by atoms with E-state index in [4.69, 9.17) is 4.84 Å². The highest BCUT2D eigenvalue weighted by Crippen LogP contribution is 1.98. The van der Waals surface area contributed by atoms with Crippen molar-refractivity contribution in [2.24, 2.45) is 5.16 Å². The fourth-order valence-corrected chi connectivity index (χ4v) is 0.781. The largest absolute Gasteiger partial charge is 0.396 e. The highest BCUT2D eigenvalue weighted by atomic mass is 16.6. The molecule has 0 aromatic rings. The number of nitrogens with zero attached hydrogens (tertiary/aromatic N) is 2. The molecule has 0 aliphatic carbocycles. The topological polar surface area (TPSA) is 24.8 Å². The van der Waals surface area contributed by atoms with Gasteiger partial charge in [0, 0.05) is 13.2 Å². The van der Waals surface area contributed by atoms with Crippen molar-refractivity contribution >= 4 is 5.71 Å². The van der Waals surface area contributed by atoms with Crippen LogP contribution < -0.4 is 0 Å². The molecular weight excluding hydrogens is 152 g/mol. The van der Waals surface area contributed by atoms with E-state index in [9.17, 15) is 0 Å². The van der Waals surface area contributed by atoms with Gasteiger partial charge in [-0.2, -0.15) is 0 Å². The molecule has 0 saturated carbocycles. The first kappa shape index (κ1) is 11.0. The summed E-state index contributed by atoms with van der Waals surface area (Å²) in [5.41, 5.74) is 0.990. The lowest BCUT2D eigenvalue weighted by molar-refractivity contribution is 0.158. The van der Waals surface area contributed by atoms with Gasteiger partial charge in [-0.15, -0.1) is 0 Å². The number of rotatable bonds is 2. The first-order chi connectivity index (χ1) is 5.83. The van der Waals surface area contributed by atoms with E-state index in [0.29, 0.717) is 6.61 Å². The van der Waals surface area contributed by atoms with Crippen LogP contribution in [-0.4, -0.2) is 30.8 Å². The van der Waals surface area contributed by atoms with Gasteiger partial charge in [-0.25, -0.2) is 0 Å². The van der Waals surface area contributed by atoms with Gasteiger partial charge in [0.05, 0.1) is 6.54 Å². The van der Waals surface area contributed by atoms with E-state index in [0.717, 1.165) is 12.3 Å². The molecule has 0 radical (unpaired) electrons. The Morgan fingerprint density at radius 1 is 1.58 bits per heavy atom. The van der Waals surface area contributed by atoms with Crippen LogP contribution in [0.5, 0.6) is 0 Å². The molecule has 0 bridgehead atoms. The maximum absolute atomic E-state index is 4.88. The van der Waals surface area contributed by atoms with E-state index in [2.05, 4.69) is 10.1 Å². The Kier molecular flexibility index (Phi) is 6.15. The molecule has 0 atom stereocenters. The van der Waals surface area contributed by atoms with Crippen LogP contribution in [0.3, 0.4) is 0 Å². The SMILES string of the molecule is CC.CCO/N=C1/C=CN(C)C1. The van der Waals surface area contributed by atoms with Gasteiger partial charge in [0.15, 0.2) is 0 Å². The lowest BCUT2D eigenvalue weighted by atomic mass is 10.4. The zero-order valence-corrected chi connectivity index (χ0v) is 8.37. The number of oxime groups is 1. The van der Waals surface area contributed by atoms with Crippen molar-refractivity contribution in [1.82, 2.24) is 4.90 Å². The Hall–Kier alpha value is -0.990. The summed E-state index contributed by atoms with van der Waals surface area (Å²) in [6.07, 6.45) is 3.94. The lowest BCUT2D eigenvalue weighted by Crippen LogP contribution is -2.12. The fraction of sp³-hybridized carbons (Fsp3) is 0.667. The van der Waals surface area contributed by atoms with E-state index in [-0.39, 0.29) is 0 Å². The number of hydrogen-bond donors (Lipinski definition) is 0. The van der Waals surface area contributed by atoms with Crippen molar-refractivity contribution < 1.29 is 4.84 Å². The van der Waals surface area contributed by atoms with Gasteiger partial charge in [0.2, 0.25) is 0 Å². The Balaban J connectivity index is 0.000000561. The Morgan fingerprint density at radius 2 is 2.25 bits per heavy atom. The second-order valence-corrected chi connectivity index (χ2v) is 2.23. The maximum Gasteiger partial charge on any atom is 0.114 e. The van der Waals surface area contributed by atoms with Crippen LogP contribution >= 0.6 is 0 Å². The minimum absolute atomic E-state index is 0.640. The smallest absolute Gasteiger partial charge is 0.114 e. The second kappa shape index (κ2) is 6.70. The van der Waals surface area contributed by atoms with Gasteiger partial charge in [-0.05, 0) is 13.0 Å². The minimum Gasteiger partial charge on any atom is -0.396 e. The van der Waals surface area contributed by atoms with Crippen LogP contribution in [0.25, 0.3) is 0 Å².